The summed E-state index contributed by atoms with van der Waals surface area (Å²) < 4.78 is 7.17. The highest BCUT2D eigenvalue weighted by atomic mass is 16.5. The number of carbonyl (C=O) groups is 1. The van der Waals surface area contributed by atoms with Crippen molar-refractivity contribution < 1.29 is 9.53 Å². The molecule has 37 heavy (non-hydrogen) atoms. The van der Waals surface area contributed by atoms with Crippen LogP contribution in [0, 0.1) is 18.3 Å². The number of morpholine rings is 1. The van der Waals surface area contributed by atoms with Crippen LogP contribution in [-0.2, 0) is 17.2 Å². The SMILES string of the molecule is Cc1ccc(NC(=O)c2ccnc(C(C)(C)C#N)c2)cc1-c1cc(N2CCOC(C)(C)C2)c(=O)n(C)n1. The predicted molar refractivity (Wildman–Crippen MR) is 143 cm³/mol. The zero-order chi connectivity index (χ0) is 27.0. The minimum atomic E-state index is -0.810. The van der Waals surface area contributed by atoms with Crippen LogP contribution in [0.2, 0.25) is 0 Å². The number of nitrogens with zero attached hydrogens (tertiary/aromatic N) is 5. The van der Waals surface area contributed by atoms with Gasteiger partial charge in [-0.3, -0.25) is 14.6 Å². The fourth-order valence-electron chi connectivity index (χ4n) is 4.32. The lowest BCUT2D eigenvalue weighted by molar-refractivity contribution is -0.0277. The number of pyridine rings is 1. The second-order valence-electron chi connectivity index (χ2n) is 10.5. The zero-order valence-electron chi connectivity index (χ0n) is 22.1. The predicted octanol–water partition coefficient (Wildman–Crippen LogP) is 3.82. The number of rotatable bonds is 5. The van der Waals surface area contributed by atoms with Gasteiger partial charge in [0.15, 0.2) is 0 Å². The van der Waals surface area contributed by atoms with Gasteiger partial charge in [-0.2, -0.15) is 10.4 Å². The highest BCUT2D eigenvalue weighted by Crippen LogP contribution is 2.29. The Bertz CT molecular complexity index is 1450. The van der Waals surface area contributed by atoms with E-state index in [0.717, 1.165) is 11.1 Å². The third kappa shape index (κ3) is 5.54. The van der Waals surface area contributed by atoms with Gasteiger partial charge in [0, 0.05) is 43.1 Å². The Balaban J connectivity index is 1.66. The number of aryl methyl sites for hydroxylation is 2. The Morgan fingerprint density at radius 2 is 1.97 bits per heavy atom. The minimum Gasteiger partial charge on any atom is -0.372 e. The number of anilines is 2. The first-order valence-electron chi connectivity index (χ1n) is 12.2. The summed E-state index contributed by atoms with van der Waals surface area (Å²) in [5.74, 6) is -0.308. The maximum absolute atomic E-state index is 13.0. The van der Waals surface area contributed by atoms with Crippen molar-refractivity contribution in [3.05, 3.63) is 69.8 Å². The Hall–Kier alpha value is -4.03. The summed E-state index contributed by atoms with van der Waals surface area (Å²) in [5.41, 5.74) is 3.16. The topological polar surface area (TPSA) is 113 Å². The number of nitriles is 1. The van der Waals surface area contributed by atoms with E-state index in [1.54, 1.807) is 33.0 Å². The van der Waals surface area contributed by atoms with E-state index in [4.69, 9.17) is 4.74 Å². The van der Waals surface area contributed by atoms with Crippen LogP contribution in [0.15, 0.2) is 47.4 Å². The van der Waals surface area contributed by atoms with Gasteiger partial charge in [0.25, 0.3) is 11.5 Å². The van der Waals surface area contributed by atoms with E-state index in [0.29, 0.717) is 48.0 Å². The molecule has 3 heterocycles. The first kappa shape index (κ1) is 26.0. The molecule has 1 fully saturated rings. The number of ether oxygens (including phenoxy) is 1. The Kier molecular flexibility index (Phi) is 6.89. The van der Waals surface area contributed by atoms with E-state index in [2.05, 4.69) is 21.5 Å². The summed E-state index contributed by atoms with van der Waals surface area (Å²) in [4.78, 5) is 32.3. The number of hydrogen-bond acceptors (Lipinski definition) is 7. The normalized spacial score (nSPS) is 15.2. The van der Waals surface area contributed by atoms with Crippen LogP contribution < -0.4 is 15.8 Å². The van der Waals surface area contributed by atoms with E-state index in [1.807, 2.05) is 49.9 Å². The van der Waals surface area contributed by atoms with Crippen molar-refractivity contribution in [1.29, 1.82) is 5.26 Å². The number of benzene rings is 1. The summed E-state index contributed by atoms with van der Waals surface area (Å²) in [6, 6.07) is 12.9. The van der Waals surface area contributed by atoms with Crippen LogP contribution in [0.5, 0.6) is 0 Å². The lowest BCUT2D eigenvalue weighted by Crippen LogP contribution is -2.50. The summed E-state index contributed by atoms with van der Waals surface area (Å²) in [7, 11) is 1.64. The molecule has 9 heteroatoms. The van der Waals surface area contributed by atoms with Gasteiger partial charge in [-0.25, -0.2) is 4.68 Å². The molecule has 0 spiro atoms. The average molecular weight is 501 g/mol. The van der Waals surface area contributed by atoms with Crippen molar-refractivity contribution in [3.63, 3.8) is 0 Å². The molecule has 1 N–H and O–H groups in total. The lowest BCUT2D eigenvalue weighted by atomic mass is 9.90. The quantitative estimate of drug-likeness (QED) is 0.567. The molecule has 9 nitrogen and oxygen atoms in total. The Morgan fingerprint density at radius 3 is 2.68 bits per heavy atom. The van der Waals surface area contributed by atoms with Gasteiger partial charge in [-0.1, -0.05) is 6.07 Å². The molecule has 192 valence electrons. The van der Waals surface area contributed by atoms with Gasteiger partial charge in [-0.15, -0.1) is 0 Å². The Morgan fingerprint density at radius 1 is 1.22 bits per heavy atom. The van der Waals surface area contributed by atoms with Crippen LogP contribution in [0.4, 0.5) is 11.4 Å². The van der Waals surface area contributed by atoms with E-state index in [9.17, 15) is 14.9 Å². The molecule has 0 radical (unpaired) electrons. The first-order chi connectivity index (χ1) is 17.4. The second kappa shape index (κ2) is 9.79. The second-order valence-corrected chi connectivity index (χ2v) is 10.5. The molecule has 1 aliphatic rings. The first-order valence-corrected chi connectivity index (χ1v) is 12.2. The van der Waals surface area contributed by atoms with Gasteiger partial charge in [0.1, 0.15) is 5.69 Å². The molecule has 3 aromatic rings. The van der Waals surface area contributed by atoms with E-state index in [1.165, 1.54) is 10.9 Å². The van der Waals surface area contributed by atoms with E-state index >= 15 is 0 Å². The van der Waals surface area contributed by atoms with Gasteiger partial charge >= 0.3 is 0 Å². The molecular formula is C28H32N6O3. The molecule has 0 unspecified atom stereocenters. The molecule has 1 aromatic carbocycles. The van der Waals surface area contributed by atoms with Gasteiger partial charge < -0.3 is 15.0 Å². The standard InChI is InChI=1S/C28H32N6O3/c1-18-7-8-20(31-25(35)19-9-10-30-24(13-19)27(2,3)16-29)14-21(18)22-15-23(26(36)33(6)32-22)34-11-12-37-28(4,5)17-34/h7-10,13-15H,11-12,17H2,1-6H3,(H,31,35). The summed E-state index contributed by atoms with van der Waals surface area (Å²) >= 11 is 0. The molecule has 0 aliphatic carbocycles. The van der Waals surface area contributed by atoms with Crippen LogP contribution >= 0.6 is 0 Å². The minimum absolute atomic E-state index is 0.169. The fraction of sp³-hybridized carbons (Fsp3) is 0.393. The molecule has 1 aliphatic heterocycles. The van der Waals surface area contributed by atoms with Crippen molar-refractivity contribution in [2.45, 2.75) is 45.6 Å². The molecular weight excluding hydrogens is 468 g/mol. The van der Waals surface area contributed by atoms with Crippen LogP contribution in [0.1, 0.15) is 49.3 Å². The van der Waals surface area contributed by atoms with Crippen LogP contribution in [0.25, 0.3) is 11.3 Å². The average Bonchev–Trinajstić information content (AvgIpc) is 2.86. The molecule has 0 bridgehead atoms. The van der Waals surface area contributed by atoms with Crippen molar-refractivity contribution in [2.75, 3.05) is 29.9 Å². The number of nitrogens with one attached hydrogen (secondary N) is 1. The molecule has 1 amide bonds. The Labute approximate surface area is 216 Å². The fourth-order valence-corrected chi connectivity index (χ4v) is 4.32. The largest absolute Gasteiger partial charge is 0.372 e. The number of amides is 1. The van der Waals surface area contributed by atoms with Gasteiger partial charge in [-0.05, 0) is 70.5 Å². The summed E-state index contributed by atoms with van der Waals surface area (Å²) in [5, 5.41) is 16.9. The van der Waals surface area contributed by atoms with E-state index < -0.39 is 5.41 Å². The summed E-state index contributed by atoms with van der Waals surface area (Å²) in [6.45, 7) is 11.3. The maximum atomic E-state index is 13.0. The van der Waals surface area contributed by atoms with Crippen molar-refractivity contribution in [2.24, 2.45) is 7.05 Å². The molecule has 0 atom stereocenters. The molecule has 0 saturated carbocycles. The van der Waals surface area contributed by atoms with Crippen LogP contribution in [-0.4, -0.2) is 46.0 Å². The molecule has 1 saturated heterocycles. The highest BCUT2D eigenvalue weighted by Gasteiger charge is 2.29. The third-order valence-electron chi connectivity index (χ3n) is 6.52. The summed E-state index contributed by atoms with van der Waals surface area (Å²) in [6.07, 6.45) is 1.53. The number of aromatic nitrogens is 3. The maximum Gasteiger partial charge on any atom is 0.290 e. The monoisotopic (exact) mass is 500 g/mol. The lowest BCUT2D eigenvalue weighted by Gasteiger charge is -2.39. The van der Waals surface area contributed by atoms with Gasteiger partial charge in [0.2, 0.25) is 0 Å². The zero-order valence-corrected chi connectivity index (χ0v) is 22.1. The molecule has 2 aromatic heterocycles. The number of carbonyl (C=O) groups excluding carboxylic acids is 1. The smallest absolute Gasteiger partial charge is 0.290 e. The third-order valence-corrected chi connectivity index (χ3v) is 6.52. The van der Waals surface area contributed by atoms with Crippen LogP contribution in [0.3, 0.4) is 0 Å². The van der Waals surface area contributed by atoms with Gasteiger partial charge in [0.05, 0.1) is 35.1 Å². The molecule has 4 rings (SSSR count). The highest BCUT2D eigenvalue weighted by molar-refractivity contribution is 6.04. The van der Waals surface area contributed by atoms with Crippen molar-refractivity contribution in [3.8, 4) is 17.3 Å². The number of hydrogen-bond donors (Lipinski definition) is 1. The van der Waals surface area contributed by atoms with Crippen molar-refractivity contribution in [1.82, 2.24) is 14.8 Å². The van der Waals surface area contributed by atoms with Crippen molar-refractivity contribution >= 4 is 17.3 Å². The van der Waals surface area contributed by atoms with E-state index in [-0.39, 0.29) is 17.1 Å².